The van der Waals surface area contributed by atoms with Crippen molar-refractivity contribution >= 4 is 28.1 Å². The van der Waals surface area contributed by atoms with E-state index in [2.05, 4.69) is 47.1 Å². The van der Waals surface area contributed by atoms with E-state index in [-0.39, 0.29) is 5.91 Å². The van der Waals surface area contributed by atoms with Crippen molar-refractivity contribution in [2.75, 3.05) is 13.1 Å². The van der Waals surface area contributed by atoms with Crippen molar-refractivity contribution in [3.05, 3.63) is 57.9 Å². The van der Waals surface area contributed by atoms with Gasteiger partial charge in [0.25, 0.3) is 0 Å². The highest BCUT2D eigenvalue weighted by Crippen LogP contribution is 2.29. The Kier molecular flexibility index (Phi) is 4.62. The summed E-state index contributed by atoms with van der Waals surface area (Å²) in [5, 5.41) is 3.40. The Labute approximate surface area is 152 Å². The van der Waals surface area contributed by atoms with Gasteiger partial charge in [0.1, 0.15) is 0 Å². The van der Waals surface area contributed by atoms with E-state index in [9.17, 15) is 4.79 Å². The Balaban J connectivity index is 1.37. The fourth-order valence-corrected chi connectivity index (χ4v) is 4.64. The van der Waals surface area contributed by atoms with Gasteiger partial charge in [-0.3, -0.25) is 4.79 Å². The molecule has 1 aromatic carbocycles. The summed E-state index contributed by atoms with van der Waals surface area (Å²) in [7, 11) is 0. The summed E-state index contributed by atoms with van der Waals surface area (Å²) in [6, 6.07) is 12.6. The molecule has 1 N–H and O–H groups in total. The number of nitrogens with one attached hydrogen (secondary N) is 1. The van der Waals surface area contributed by atoms with Gasteiger partial charge in [0.15, 0.2) is 0 Å². The van der Waals surface area contributed by atoms with Crippen LogP contribution in [0.4, 0.5) is 0 Å². The van der Waals surface area contributed by atoms with Gasteiger partial charge in [-0.1, -0.05) is 24.3 Å². The van der Waals surface area contributed by atoms with Gasteiger partial charge in [0, 0.05) is 34.6 Å². The normalized spacial score (nSPS) is 15.8. The minimum Gasteiger partial charge on any atom is -0.358 e. The maximum atomic E-state index is 12.4. The average Bonchev–Trinajstić information content (AvgIpc) is 3.24. The lowest BCUT2D eigenvalue weighted by Crippen LogP contribution is -2.39. The van der Waals surface area contributed by atoms with Crippen LogP contribution in [0.3, 0.4) is 0 Å². The predicted molar refractivity (Wildman–Crippen MR) is 104 cm³/mol. The zero-order chi connectivity index (χ0) is 17.2. The molecule has 0 saturated carbocycles. The monoisotopic (exact) mass is 352 g/mol. The molecule has 1 amide bonds. The number of carbonyl (C=O) groups is 1. The van der Waals surface area contributed by atoms with Crippen molar-refractivity contribution < 1.29 is 4.79 Å². The maximum absolute atomic E-state index is 12.4. The van der Waals surface area contributed by atoms with Crippen LogP contribution in [0, 0.1) is 12.8 Å². The minimum atomic E-state index is 0.282. The van der Waals surface area contributed by atoms with Gasteiger partial charge in [-0.05, 0) is 55.2 Å². The van der Waals surface area contributed by atoms with Gasteiger partial charge < -0.3 is 9.88 Å². The van der Waals surface area contributed by atoms with Crippen molar-refractivity contribution in [2.45, 2.75) is 32.6 Å². The second-order valence-electron chi connectivity index (χ2n) is 7.06. The SMILES string of the molecule is Cc1[nH]c2ccccc2c1CC1CCN(C(=O)Cc2cccs2)CC1. The zero-order valence-electron chi connectivity index (χ0n) is 14.6. The average molecular weight is 353 g/mol. The highest BCUT2D eigenvalue weighted by atomic mass is 32.1. The summed E-state index contributed by atoms with van der Waals surface area (Å²) >= 11 is 1.67. The number of rotatable bonds is 4. The van der Waals surface area contributed by atoms with Crippen molar-refractivity contribution in [3.8, 4) is 0 Å². The van der Waals surface area contributed by atoms with Crippen LogP contribution in [0.15, 0.2) is 41.8 Å². The minimum absolute atomic E-state index is 0.282. The van der Waals surface area contributed by atoms with Gasteiger partial charge in [-0.25, -0.2) is 0 Å². The van der Waals surface area contributed by atoms with Gasteiger partial charge >= 0.3 is 0 Å². The number of para-hydroxylation sites is 1. The Morgan fingerprint density at radius 3 is 2.76 bits per heavy atom. The molecule has 1 saturated heterocycles. The van der Waals surface area contributed by atoms with E-state index >= 15 is 0 Å². The molecule has 0 bridgehead atoms. The Morgan fingerprint density at radius 1 is 1.20 bits per heavy atom. The standard InChI is InChI=1S/C21H24N2OS/c1-15-19(18-6-2-3-7-20(18)22-15)13-16-8-10-23(11-9-16)21(24)14-17-5-4-12-25-17/h2-7,12,16,22H,8-11,13-14H2,1H3. The first-order valence-corrected chi connectivity index (χ1v) is 9.95. The number of H-pyrrole nitrogens is 1. The predicted octanol–water partition coefficient (Wildman–Crippen LogP) is 4.56. The molecule has 0 spiro atoms. The molecule has 1 aliphatic rings. The Morgan fingerprint density at radius 2 is 2.00 bits per heavy atom. The molecule has 0 atom stereocenters. The third kappa shape index (κ3) is 3.49. The third-order valence-corrected chi connectivity index (χ3v) is 6.27. The quantitative estimate of drug-likeness (QED) is 0.734. The first-order chi connectivity index (χ1) is 12.2. The molecular formula is C21H24N2OS. The molecular weight excluding hydrogens is 328 g/mol. The molecule has 0 radical (unpaired) electrons. The van der Waals surface area contributed by atoms with Crippen LogP contribution < -0.4 is 0 Å². The summed E-state index contributed by atoms with van der Waals surface area (Å²) in [6.07, 6.45) is 3.89. The fraction of sp³-hybridized carbons (Fsp3) is 0.381. The van der Waals surface area contributed by atoms with Gasteiger partial charge in [-0.15, -0.1) is 11.3 Å². The number of aryl methyl sites for hydroxylation is 1. The van der Waals surface area contributed by atoms with Crippen molar-refractivity contribution in [3.63, 3.8) is 0 Å². The van der Waals surface area contributed by atoms with Crippen LogP contribution in [0.1, 0.15) is 29.0 Å². The molecule has 0 aliphatic carbocycles. The summed E-state index contributed by atoms with van der Waals surface area (Å²) in [5.74, 6) is 0.952. The van der Waals surface area contributed by atoms with Gasteiger partial charge in [-0.2, -0.15) is 0 Å². The first kappa shape index (κ1) is 16.4. The Bertz CT molecular complexity index is 857. The van der Waals surface area contributed by atoms with Crippen molar-refractivity contribution in [2.24, 2.45) is 5.92 Å². The number of likely N-dealkylation sites (tertiary alicyclic amines) is 1. The molecule has 1 aliphatic heterocycles. The van der Waals surface area contributed by atoms with E-state index in [1.807, 2.05) is 11.4 Å². The number of carbonyl (C=O) groups excluding carboxylic acids is 1. The molecule has 3 nitrogen and oxygen atoms in total. The molecule has 4 rings (SSSR count). The lowest BCUT2D eigenvalue weighted by Gasteiger charge is -2.32. The van der Waals surface area contributed by atoms with Crippen LogP contribution in [0.5, 0.6) is 0 Å². The largest absolute Gasteiger partial charge is 0.358 e. The number of aromatic amines is 1. The first-order valence-electron chi connectivity index (χ1n) is 9.07. The van der Waals surface area contributed by atoms with Gasteiger partial charge in [0.05, 0.1) is 6.42 Å². The van der Waals surface area contributed by atoms with Crippen LogP contribution in [-0.2, 0) is 17.6 Å². The summed E-state index contributed by atoms with van der Waals surface area (Å²) in [5.41, 5.74) is 3.98. The molecule has 3 heterocycles. The second kappa shape index (κ2) is 7.04. The van der Waals surface area contributed by atoms with E-state index in [4.69, 9.17) is 0 Å². The molecule has 25 heavy (non-hydrogen) atoms. The number of amides is 1. The number of aromatic nitrogens is 1. The van der Waals surface area contributed by atoms with Crippen LogP contribution >= 0.6 is 11.3 Å². The van der Waals surface area contributed by atoms with Crippen molar-refractivity contribution in [1.29, 1.82) is 0 Å². The number of fused-ring (bicyclic) bond motifs is 1. The maximum Gasteiger partial charge on any atom is 0.227 e. The third-order valence-electron chi connectivity index (χ3n) is 5.39. The van der Waals surface area contributed by atoms with Crippen LogP contribution in [0.2, 0.25) is 0 Å². The highest BCUT2D eigenvalue weighted by Gasteiger charge is 2.24. The molecule has 4 heteroatoms. The van der Waals surface area contributed by atoms with E-state index in [1.54, 1.807) is 11.3 Å². The lowest BCUT2D eigenvalue weighted by molar-refractivity contribution is -0.131. The van der Waals surface area contributed by atoms with Gasteiger partial charge in [0.2, 0.25) is 5.91 Å². The molecule has 130 valence electrons. The van der Waals surface area contributed by atoms with Crippen molar-refractivity contribution in [1.82, 2.24) is 9.88 Å². The van der Waals surface area contributed by atoms with Crippen LogP contribution in [0.25, 0.3) is 10.9 Å². The highest BCUT2D eigenvalue weighted by molar-refractivity contribution is 7.10. The molecule has 0 unspecified atom stereocenters. The smallest absolute Gasteiger partial charge is 0.227 e. The Hall–Kier alpha value is -2.07. The number of benzene rings is 1. The number of thiophene rings is 1. The van der Waals surface area contributed by atoms with E-state index in [1.165, 1.54) is 27.0 Å². The molecule has 1 fully saturated rings. The second-order valence-corrected chi connectivity index (χ2v) is 8.09. The summed E-state index contributed by atoms with van der Waals surface area (Å²) < 4.78 is 0. The number of hydrogen-bond donors (Lipinski definition) is 1. The van der Waals surface area contributed by atoms with E-state index in [0.717, 1.165) is 32.4 Å². The lowest BCUT2D eigenvalue weighted by atomic mass is 9.89. The molecule has 2 aromatic heterocycles. The molecule has 3 aromatic rings. The van der Waals surface area contributed by atoms with E-state index in [0.29, 0.717) is 12.3 Å². The summed E-state index contributed by atoms with van der Waals surface area (Å²) in [4.78, 5) is 19.2. The number of hydrogen-bond acceptors (Lipinski definition) is 2. The zero-order valence-corrected chi connectivity index (χ0v) is 15.4. The number of nitrogens with zero attached hydrogens (tertiary/aromatic N) is 1. The topological polar surface area (TPSA) is 36.1 Å². The number of piperidine rings is 1. The van der Waals surface area contributed by atoms with E-state index < -0.39 is 0 Å². The fourth-order valence-electron chi connectivity index (χ4n) is 3.95. The summed E-state index contributed by atoms with van der Waals surface area (Å²) in [6.45, 7) is 3.97. The van der Waals surface area contributed by atoms with Crippen LogP contribution in [-0.4, -0.2) is 28.9 Å².